The molecule has 0 bridgehead atoms. The lowest BCUT2D eigenvalue weighted by molar-refractivity contribution is -0.131. The van der Waals surface area contributed by atoms with Crippen LogP contribution in [-0.4, -0.2) is 43.8 Å². The second-order valence-electron chi connectivity index (χ2n) is 6.10. The van der Waals surface area contributed by atoms with Crippen molar-refractivity contribution in [2.75, 3.05) is 18.6 Å². The Bertz CT molecular complexity index is 412. The monoisotopic (exact) mass is 287 g/mol. The van der Waals surface area contributed by atoms with Crippen LogP contribution in [0.25, 0.3) is 0 Å². The quantitative estimate of drug-likeness (QED) is 0.794. The standard InChI is InChI=1S/C14H25NO3S/c1-15(13-9-10-19(17,18)11-13)14(16)8-7-12-5-3-2-4-6-12/h12-13H,2-11H2,1H3. The van der Waals surface area contributed by atoms with Gasteiger partial charge in [-0.3, -0.25) is 4.79 Å². The lowest BCUT2D eigenvalue weighted by Gasteiger charge is -2.26. The number of hydrogen-bond donors (Lipinski definition) is 0. The number of rotatable bonds is 4. The molecule has 1 saturated heterocycles. The minimum absolute atomic E-state index is 0.0937. The first kappa shape index (κ1) is 14.8. The highest BCUT2D eigenvalue weighted by molar-refractivity contribution is 7.91. The van der Waals surface area contributed by atoms with Crippen molar-refractivity contribution in [3.8, 4) is 0 Å². The molecule has 2 rings (SSSR count). The van der Waals surface area contributed by atoms with E-state index in [9.17, 15) is 13.2 Å². The molecular weight excluding hydrogens is 262 g/mol. The van der Waals surface area contributed by atoms with Crippen LogP contribution in [0.5, 0.6) is 0 Å². The Kier molecular flexibility index (Phi) is 4.87. The molecule has 0 aromatic rings. The van der Waals surface area contributed by atoms with E-state index in [0.29, 0.717) is 18.8 Å². The van der Waals surface area contributed by atoms with Gasteiger partial charge in [-0.1, -0.05) is 32.1 Å². The van der Waals surface area contributed by atoms with Crippen molar-refractivity contribution in [1.29, 1.82) is 0 Å². The second-order valence-corrected chi connectivity index (χ2v) is 8.33. The van der Waals surface area contributed by atoms with E-state index in [1.807, 2.05) is 0 Å². The molecule has 5 heteroatoms. The number of carbonyl (C=O) groups is 1. The third-order valence-corrected chi connectivity index (χ3v) is 6.39. The van der Waals surface area contributed by atoms with Gasteiger partial charge < -0.3 is 4.90 Å². The SMILES string of the molecule is CN(C(=O)CCC1CCCCC1)C1CCS(=O)(=O)C1. The summed E-state index contributed by atoms with van der Waals surface area (Å²) in [4.78, 5) is 13.8. The first-order valence-electron chi connectivity index (χ1n) is 7.44. The highest BCUT2D eigenvalue weighted by Gasteiger charge is 2.32. The zero-order valence-corrected chi connectivity index (χ0v) is 12.6. The van der Waals surface area contributed by atoms with E-state index in [2.05, 4.69) is 0 Å². The molecule has 1 aliphatic carbocycles. The van der Waals surface area contributed by atoms with Crippen molar-refractivity contribution in [3.05, 3.63) is 0 Å². The van der Waals surface area contributed by atoms with Crippen molar-refractivity contribution >= 4 is 15.7 Å². The van der Waals surface area contributed by atoms with Crippen LogP contribution in [0.1, 0.15) is 51.4 Å². The van der Waals surface area contributed by atoms with Gasteiger partial charge in [-0.15, -0.1) is 0 Å². The van der Waals surface area contributed by atoms with Crippen molar-refractivity contribution in [2.24, 2.45) is 5.92 Å². The Balaban J connectivity index is 1.76. The summed E-state index contributed by atoms with van der Waals surface area (Å²) in [6.45, 7) is 0. The van der Waals surface area contributed by atoms with E-state index in [1.165, 1.54) is 32.1 Å². The Morgan fingerprint density at radius 1 is 1.16 bits per heavy atom. The molecule has 0 spiro atoms. The van der Waals surface area contributed by atoms with Crippen molar-refractivity contribution in [2.45, 2.75) is 57.4 Å². The van der Waals surface area contributed by atoms with E-state index in [1.54, 1.807) is 11.9 Å². The zero-order valence-electron chi connectivity index (χ0n) is 11.8. The van der Waals surface area contributed by atoms with E-state index in [0.717, 1.165) is 6.42 Å². The van der Waals surface area contributed by atoms with Crippen LogP contribution in [0.4, 0.5) is 0 Å². The fourth-order valence-electron chi connectivity index (χ4n) is 3.26. The minimum Gasteiger partial charge on any atom is -0.342 e. The lowest BCUT2D eigenvalue weighted by atomic mass is 9.86. The molecule has 1 unspecified atom stereocenters. The van der Waals surface area contributed by atoms with E-state index >= 15 is 0 Å². The van der Waals surface area contributed by atoms with Crippen LogP contribution in [0.2, 0.25) is 0 Å². The first-order valence-corrected chi connectivity index (χ1v) is 9.26. The summed E-state index contributed by atoms with van der Waals surface area (Å²) < 4.78 is 22.9. The summed E-state index contributed by atoms with van der Waals surface area (Å²) in [5.74, 6) is 1.21. The van der Waals surface area contributed by atoms with Gasteiger partial charge in [0, 0.05) is 19.5 Å². The summed E-state index contributed by atoms with van der Waals surface area (Å²) in [7, 11) is -1.14. The van der Waals surface area contributed by atoms with Crippen molar-refractivity contribution in [1.82, 2.24) is 4.90 Å². The molecule has 1 atom stereocenters. The topological polar surface area (TPSA) is 54.5 Å². The zero-order chi connectivity index (χ0) is 13.9. The van der Waals surface area contributed by atoms with Crippen molar-refractivity contribution in [3.63, 3.8) is 0 Å². The van der Waals surface area contributed by atoms with Gasteiger partial charge in [-0.05, 0) is 18.8 Å². The average Bonchev–Trinajstić information content (AvgIpc) is 2.76. The van der Waals surface area contributed by atoms with Gasteiger partial charge in [0.05, 0.1) is 11.5 Å². The second kappa shape index (κ2) is 6.25. The average molecular weight is 287 g/mol. The molecule has 1 amide bonds. The van der Waals surface area contributed by atoms with E-state index in [4.69, 9.17) is 0 Å². The van der Waals surface area contributed by atoms with Crippen molar-refractivity contribution < 1.29 is 13.2 Å². The number of carbonyl (C=O) groups excluding carboxylic acids is 1. The molecule has 1 aliphatic heterocycles. The van der Waals surface area contributed by atoms with Gasteiger partial charge in [0.15, 0.2) is 9.84 Å². The van der Waals surface area contributed by atoms with Gasteiger partial charge in [0.2, 0.25) is 5.91 Å². The highest BCUT2D eigenvalue weighted by Crippen LogP contribution is 2.27. The molecule has 2 fully saturated rings. The Labute approximate surface area is 116 Å². The first-order chi connectivity index (χ1) is 8.98. The Morgan fingerprint density at radius 3 is 2.42 bits per heavy atom. The molecule has 4 nitrogen and oxygen atoms in total. The van der Waals surface area contributed by atoms with Gasteiger partial charge in [-0.25, -0.2) is 8.42 Å². The molecule has 0 aromatic carbocycles. The maximum Gasteiger partial charge on any atom is 0.222 e. The molecule has 2 aliphatic rings. The molecule has 19 heavy (non-hydrogen) atoms. The number of amides is 1. The lowest BCUT2D eigenvalue weighted by Crippen LogP contribution is -2.37. The van der Waals surface area contributed by atoms with Crippen LogP contribution in [-0.2, 0) is 14.6 Å². The van der Waals surface area contributed by atoms with Crippen LogP contribution in [0, 0.1) is 5.92 Å². The molecule has 0 N–H and O–H groups in total. The minimum atomic E-state index is -2.90. The number of nitrogens with zero attached hydrogens (tertiary/aromatic N) is 1. The van der Waals surface area contributed by atoms with Crippen LogP contribution in [0.3, 0.4) is 0 Å². The van der Waals surface area contributed by atoms with Gasteiger partial charge in [0.1, 0.15) is 0 Å². The fraction of sp³-hybridized carbons (Fsp3) is 0.929. The van der Waals surface area contributed by atoms with Crippen LogP contribution < -0.4 is 0 Å². The molecular formula is C14H25NO3S. The third-order valence-electron chi connectivity index (χ3n) is 4.64. The Morgan fingerprint density at radius 2 is 1.84 bits per heavy atom. The fourth-order valence-corrected chi connectivity index (χ4v) is 5.04. The predicted molar refractivity (Wildman–Crippen MR) is 75.6 cm³/mol. The van der Waals surface area contributed by atoms with Crippen LogP contribution in [0.15, 0.2) is 0 Å². The summed E-state index contributed by atoms with van der Waals surface area (Å²) >= 11 is 0. The molecule has 110 valence electrons. The summed E-state index contributed by atoms with van der Waals surface area (Å²) in [5.41, 5.74) is 0. The van der Waals surface area contributed by atoms with Crippen LogP contribution >= 0.6 is 0 Å². The maximum absolute atomic E-state index is 12.1. The van der Waals surface area contributed by atoms with E-state index < -0.39 is 9.84 Å². The van der Waals surface area contributed by atoms with Gasteiger partial charge in [0.25, 0.3) is 0 Å². The maximum atomic E-state index is 12.1. The predicted octanol–water partition coefficient (Wildman–Crippen LogP) is 1.99. The molecule has 1 heterocycles. The molecule has 0 aromatic heterocycles. The van der Waals surface area contributed by atoms with Gasteiger partial charge >= 0.3 is 0 Å². The van der Waals surface area contributed by atoms with E-state index in [-0.39, 0.29) is 23.5 Å². The third kappa shape index (κ3) is 4.20. The summed E-state index contributed by atoms with van der Waals surface area (Å²) in [6.07, 6.45) is 8.62. The summed E-state index contributed by atoms with van der Waals surface area (Å²) in [5, 5.41) is 0. The smallest absolute Gasteiger partial charge is 0.222 e. The molecule has 0 radical (unpaired) electrons. The summed E-state index contributed by atoms with van der Waals surface area (Å²) in [6, 6.07) is -0.0937. The normalized spacial score (nSPS) is 27.3. The molecule has 1 saturated carbocycles. The Hall–Kier alpha value is -0.580. The number of sulfone groups is 1. The highest BCUT2D eigenvalue weighted by atomic mass is 32.2. The largest absolute Gasteiger partial charge is 0.342 e. The number of hydrogen-bond acceptors (Lipinski definition) is 3. The van der Waals surface area contributed by atoms with Gasteiger partial charge in [-0.2, -0.15) is 0 Å².